The van der Waals surface area contributed by atoms with Crippen molar-refractivity contribution in [1.29, 1.82) is 0 Å². The number of nitrogens with one attached hydrogen (secondary N) is 1. The Morgan fingerprint density at radius 3 is 2.22 bits per heavy atom. The molecule has 0 radical (unpaired) electrons. The maximum atomic E-state index is 11.5. The molecule has 0 bridgehead atoms. The van der Waals surface area contributed by atoms with Crippen LogP contribution >= 0.6 is 46.6 Å². The number of carbonyl (C=O) groups excluding carboxylic acids is 1. The second-order valence-electron chi connectivity index (χ2n) is 3.18. The van der Waals surface area contributed by atoms with Crippen LogP contribution in [-0.4, -0.2) is 28.5 Å². The van der Waals surface area contributed by atoms with Gasteiger partial charge in [0.2, 0.25) is 5.91 Å². The van der Waals surface area contributed by atoms with Crippen molar-refractivity contribution in [3.63, 3.8) is 0 Å². The predicted octanol–water partition coefficient (Wildman–Crippen LogP) is 3.40. The van der Waals surface area contributed by atoms with Gasteiger partial charge in [-0.05, 0) is 12.1 Å². The first-order valence-corrected chi connectivity index (χ1v) is 6.93. The molecule has 0 aliphatic heterocycles. The van der Waals surface area contributed by atoms with Crippen LogP contribution in [0.5, 0.6) is 0 Å². The topological polar surface area (TPSA) is 66.4 Å². The van der Waals surface area contributed by atoms with Gasteiger partial charge in [-0.2, -0.15) is 0 Å². The second kappa shape index (κ2) is 7.09. The van der Waals surface area contributed by atoms with E-state index in [9.17, 15) is 9.59 Å². The first kappa shape index (κ1) is 15.4. The zero-order valence-corrected chi connectivity index (χ0v) is 12.0. The highest BCUT2D eigenvalue weighted by Crippen LogP contribution is 2.33. The smallest absolute Gasteiger partial charge is 0.313 e. The molecule has 0 heterocycles. The Kier molecular flexibility index (Phi) is 6.08. The van der Waals surface area contributed by atoms with Gasteiger partial charge < -0.3 is 10.4 Å². The molecule has 0 aliphatic rings. The number of aliphatic carboxylic acids is 1. The van der Waals surface area contributed by atoms with Gasteiger partial charge in [-0.15, -0.1) is 11.8 Å². The Bertz CT molecular complexity index is 458. The molecular weight excluding hydrogens is 321 g/mol. The molecule has 0 fully saturated rings. The van der Waals surface area contributed by atoms with E-state index >= 15 is 0 Å². The normalized spacial score (nSPS) is 10.2. The number of anilines is 1. The van der Waals surface area contributed by atoms with Crippen LogP contribution in [0, 0.1) is 0 Å². The monoisotopic (exact) mass is 327 g/mol. The number of carboxylic acid groups (broad SMARTS) is 1. The first-order chi connectivity index (χ1) is 8.40. The van der Waals surface area contributed by atoms with Gasteiger partial charge in [0, 0.05) is 5.02 Å². The zero-order valence-electron chi connectivity index (χ0n) is 8.87. The molecule has 1 rings (SSSR count). The summed E-state index contributed by atoms with van der Waals surface area (Å²) in [6.07, 6.45) is 0. The second-order valence-corrected chi connectivity index (χ2v) is 5.42. The van der Waals surface area contributed by atoms with Crippen molar-refractivity contribution in [3.05, 3.63) is 27.2 Å². The van der Waals surface area contributed by atoms with E-state index in [1.165, 1.54) is 12.1 Å². The Hall–Kier alpha value is -0.620. The fourth-order valence-electron chi connectivity index (χ4n) is 1.07. The van der Waals surface area contributed by atoms with Crippen molar-refractivity contribution in [3.8, 4) is 0 Å². The fourth-order valence-corrected chi connectivity index (χ4v) is 2.51. The molecule has 0 aliphatic carbocycles. The number of carbonyl (C=O) groups is 2. The van der Waals surface area contributed by atoms with Crippen LogP contribution in [0.3, 0.4) is 0 Å². The van der Waals surface area contributed by atoms with E-state index in [2.05, 4.69) is 5.32 Å². The van der Waals surface area contributed by atoms with Crippen molar-refractivity contribution in [2.24, 2.45) is 0 Å². The molecule has 0 spiro atoms. The SMILES string of the molecule is O=C(O)CSCC(=O)Nc1c(Cl)cc(Cl)cc1Cl. The van der Waals surface area contributed by atoms with Crippen LogP contribution in [-0.2, 0) is 9.59 Å². The Balaban J connectivity index is 2.62. The number of halogens is 3. The lowest BCUT2D eigenvalue weighted by molar-refractivity contribution is -0.133. The number of benzene rings is 1. The molecule has 0 saturated carbocycles. The molecule has 18 heavy (non-hydrogen) atoms. The average molecular weight is 329 g/mol. The lowest BCUT2D eigenvalue weighted by atomic mass is 10.3. The molecule has 0 saturated heterocycles. The first-order valence-electron chi connectivity index (χ1n) is 4.64. The molecule has 2 N–H and O–H groups in total. The van der Waals surface area contributed by atoms with E-state index < -0.39 is 5.97 Å². The van der Waals surface area contributed by atoms with Crippen molar-refractivity contribution in [1.82, 2.24) is 0 Å². The van der Waals surface area contributed by atoms with E-state index in [0.29, 0.717) is 5.02 Å². The van der Waals surface area contributed by atoms with E-state index in [1.807, 2.05) is 0 Å². The Morgan fingerprint density at radius 1 is 1.17 bits per heavy atom. The quantitative estimate of drug-likeness (QED) is 0.869. The minimum Gasteiger partial charge on any atom is -0.481 e. The van der Waals surface area contributed by atoms with Crippen LogP contribution in [0.15, 0.2) is 12.1 Å². The molecule has 8 heteroatoms. The number of rotatable bonds is 5. The summed E-state index contributed by atoms with van der Waals surface area (Å²) >= 11 is 18.5. The molecule has 0 aromatic heterocycles. The Morgan fingerprint density at radius 2 is 1.72 bits per heavy atom. The third kappa shape index (κ3) is 4.94. The van der Waals surface area contributed by atoms with Gasteiger partial charge in [0.1, 0.15) is 0 Å². The summed E-state index contributed by atoms with van der Waals surface area (Å²) < 4.78 is 0. The minimum absolute atomic E-state index is 0.00157. The average Bonchev–Trinajstić information content (AvgIpc) is 2.22. The molecule has 98 valence electrons. The summed E-state index contributed by atoms with van der Waals surface area (Å²) in [7, 11) is 0. The van der Waals surface area contributed by atoms with E-state index in [0.717, 1.165) is 11.8 Å². The van der Waals surface area contributed by atoms with Crippen LogP contribution in [0.4, 0.5) is 5.69 Å². The van der Waals surface area contributed by atoms with Gasteiger partial charge >= 0.3 is 5.97 Å². The van der Waals surface area contributed by atoms with Gasteiger partial charge in [0.05, 0.1) is 27.2 Å². The maximum Gasteiger partial charge on any atom is 0.313 e. The van der Waals surface area contributed by atoms with Gasteiger partial charge in [0.15, 0.2) is 0 Å². The fraction of sp³-hybridized carbons (Fsp3) is 0.200. The van der Waals surface area contributed by atoms with E-state index in [1.54, 1.807) is 0 Å². The number of hydrogen-bond donors (Lipinski definition) is 2. The molecule has 0 unspecified atom stereocenters. The van der Waals surface area contributed by atoms with Crippen LogP contribution < -0.4 is 5.32 Å². The molecule has 0 atom stereocenters. The van der Waals surface area contributed by atoms with Crippen molar-refractivity contribution >= 4 is 64.1 Å². The summed E-state index contributed by atoms with van der Waals surface area (Å²) in [6, 6.07) is 2.91. The van der Waals surface area contributed by atoms with Crippen molar-refractivity contribution in [2.45, 2.75) is 0 Å². The molecule has 1 aromatic carbocycles. The van der Waals surface area contributed by atoms with Crippen molar-refractivity contribution < 1.29 is 14.7 Å². The summed E-state index contributed by atoms with van der Waals surface area (Å²) in [5, 5.41) is 11.7. The Labute approximate surface area is 123 Å². The van der Waals surface area contributed by atoms with Gasteiger partial charge in [-0.25, -0.2) is 0 Å². The van der Waals surface area contributed by atoms with E-state index in [4.69, 9.17) is 39.9 Å². The van der Waals surface area contributed by atoms with Gasteiger partial charge in [-0.3, -0.25) is 9.59 Å². The summed E-state index contributed by atoms with van der Waals surface area (Å²) in [4.78, 5) is 21.8. The predicted molar refractivity (Wildman–Crippen MR) is 75.1 cm³/mol. The maximum absolute atomic E-state index is 11.5. The summed E-state index contributed by atoms with van der Waals surface area (Å²) in [6.45, 7) is 0. The van der Waals surface area contributed by atoms with Gasteiger partial charge in [0.25, 0.3) is 0 Å². The molecule has 4 nitrogen and oxygen atoms in total. The van der Waals surface area contributed by atoms with Crippen LogP contribution in [0.2, 0.25) is 15.1 Å². The van der Waals surface area contributed by atoms with Crippen molar-refractivity contribution in [2.75, 3.05) is 16.8 Å². The standard InChI is InChI=1S/C10H8Cl3NO3S/c11-5-1-6(12)10(7(13)2-5)14-8(15)3-18-4-9(16)17/h1-2H,3-4H2,(H,14,15)(H,16,17). The molecular formula is C10H8Cl3NO3S. The summed E-state index contributed by atoms with van der Waals surface area (Å²) in [5.41, 5.74) is 0.267. The third-order valence-corrected chi connectivity index (χ3v) is 3.46. The number of amides is 1. The molecule has 1 aromatic rings. The number of thioether (sulfide) groups is 1. The highest BCUT2D eigenvalue weighted by Gasteiger charge is 2.11. The van der Waals surface area contributed by atoms with Crippen LogP contribution in [0.1, 0.15) is 0 Å². The lowest BCUT2D eigenvalue weighted by Crippen LogP contribution is -2.16. The largest absolute Gasteiger partial charge is 0.481 e. The van der Waals surface area contributed by atoms with E-state index in [-0.39, 0.29) is 33.1 Å². The number of hydrogen-bond acceptors (Lipinski definition) is 3. The van der Waals surface area contributed by atoms with Crippen LogP contribution in [0.25, 0.3) is 0 Å². The van der Waals surface area contributed by atoms with Gasteiger partial charge in [-0.1, -0.05) is 34.8 Å². The zero-order chi connectivity index (χ0) is 13.7. The highest BCUT2D eigenvalue weighted by molar-refractivity contribution is 8.00. The minimum atomic E-state index is -0.977. The highest BCUT2D eigenvalue weighted by atomic mass is 35.5. The molecule has 1 amide bonds. The number of carboxylic acids is 1. The lowest BCUT2D eigenvalue weighted by Gasteiger charge is -2.09. The summed E-state index contributed by atoms with van der Waals surface area (Å²) in [5.74, 6) is -1.50. The third-order valence-electron chi connectivity index (χ3n) is 1.73.